The van der Waals surface area contributed by atoms with Crippen LogP contribution >= 0.6 is 0 Å². The monoisotopic (exact) mass is 333 g/mol. The van der Waals surface area contributed by atoms with Gasteiger partial charge in [0.15, 0.2) is 0 Å². The fraction of sp³-hybridized carbons (Fsp3) is 0.333. The van der Waals surface area contributed by atoms with Crippen molar-refractivity contribution in [1.29, 1.82) is 0 Å². The number of ether oxygens (including phenoxy) is 1. The van der Waals surface area contributed by atoms with Gasteiger partial charge in [0.1, 0.15) is 5.75 Å². The Balaban J connectivity index is 2.05. The number of hydrogen-bond donors (Lipinski definition) is 1. The van der Waals surface area contributed by atoms with Crippen LogP contribution in [-0.4, -0.2) is 21.6 Å². The molecule has 1 unspecified atom stereocenters. The van der Waals surface area contributed by atoms with Crippen LogP contribution in [0.25, 0.3) is 0 Å². The van der Waals surface area contributed by atoms with Gasteiger partial charge >= 0.3 is 0 Å². The van der Waals surface area contributed by atoms with E-state index in [-0.39, 0.29) is 10.8 Å². The normalized spacial score (nSPS) is 12.8. The van der Waals surface area contributed by atoms with E-state index in [1.165, 1.54) is 0 Å². The first-order valence-electron chi connectivity index (χ1n) is 7.84. The highest BCUT2D eigenvalue weighted by atomic mass is 32.2. The lowest BCUT2D eigenvalue weighted by atomic mass is 9.97. The first kappa shape index (κ1) is 17.5. The van der Waals surface area contributed by atoms with Crippen LogP contribution in [0.3, 0.4) is 0 Å². The van der Waals surface area contributed by atoms with E-state index in [0.717, 1.165) is 12.0 Å². The Morgan fingerprint density at radius 3 is 2.22 bits per heavy atom. The maximum Gasteiger partial charge on any atom is 0.240 e. The quantitative estimate of drug-likeness (QED) is 0.803. The molecule has 5 heteroatoms. The molecule has 0 spiro atoms. The van der Waals surface area contributed by atoms with Gasteiger partial charge in [-0.2, -0.15) is 0 Å². The van der Waals surface area contributed by atoms with Gasteiger partial charge in [0, 0.05) is 6.54 Å². The lowest BCUT2D eigenvalue weighted by molar-refractivity contribution is 0.340. The van der Waals surface area contributed by atoms with Gasteiger partial charge in [-0.15, -0.1) is 0 Å². The van der Waals surface area contributed by atoms with Gasteiger partial charge in [-0.05, 0) is 49.1 Å². The number of rotatable bonds is 8. The van der Waals surface area contributed by atoms with Crippen LogP contribution in [0.1, 0.15) is 31.7 Å². The van der Waals surface area contributed by atoms with E-state index in [1.807, 2.05) is 37.3 Å². The van der Waals surface area contributed by atoms with Crippen molar-refractivity contribution in [2.24, 2.45) is 0 Å². The van der Waals surface area contributed by atoms with Gasteiger partial charge in [-0.1, -0.05) is 37.3 Å². The summed E-state index contributed by atoms with van der Waals surface area (Å²) in [6.07, 6.45) is 0.871. The van der Waals surface area contributed by atoms with Crippen molar-refractivity contribution in [1.82, 2.24) is 4.72 Å². The fourth-order valence-corrected chi connectivity index (χ4v) is 3.48. The molecule has 0 radical (unpaired) electrons. The van der Waals surface area contributed by atoms with E-state index in [1.54, 1.807) is 24.3 Å². The molecule has 124 valence electrons. The minimum absolute atomic E-state index is 0.161. The van der Waals surface area contributed by atoms with Gasteiger partial charge in [-0.3, -0.25) is 0 Å². The summed E-state index contributed by atoms with van der Waals surface area (Å²) in [6, 6.07) is 16.4. The van der Waals surface area contributed by atoms with Crippen molar-refractivity contribution in [3.05, 3.63) is 60.2 Å². The predicted molar refractivity (Wildman–Crippen MR) is 92.3 cm³/mol. The SMILES string of the molecule is CCOc1ccc(S(=O)(=O)NCC(CC)c2ccccc2)cc1. The van der Waals surface area contributed by atoms with Gasteiger partial charge in [-0.25, -0.2) is 13.1 Å². The minimum atomic E-state index is -3.51. The fourth-order valence-electron chi connectivity index (χ4n) is 2.40. The molecular weight excluding hydrogens is 310 g/mol. The van der Waals surface area contributed by atoms with E-state index in [4.69, 9.17) is 4.74 Å². The lowest BCUT2D eigenvalue weighted by Crippen LogP contribution is -2.28. The van der Waals surface area contributed by atoms with Crippen molar-refractivity contribution in [2.75, 3.05) is 13.2 Å². The second-order valence-corrected chi connectivity index (χ2v) is 7.04. The van der Waals surface area contributed by atoms with Crippen molar-refractivity contribution in [3.8, 4) is 5.75 Å². The molecule has 0 bridgehead atoms. The van der Waals surface area contributed by atoms with Crippen molar-refractivity contribution < 1.29 is 13.2 Å². The smallest absolute Gasteiger partial charge is 0.240 e. The van der Waals surface area contributed by atoms with Crippen molar-refractivity contribution >= 4 is 10.0 Å². The van der Waals surface area contributed by atoms with Gasteiger partial charge in [0.05, 0.1) is 11.5 Å². The molecule has 1 N–H and O–H groups in total. The second kappa shape index (κ2) is 8.13. The Kier molecular flexibility index (Phi) is 6.19. The third-order valence-electron chi connectivity index (χ3n) is 3.73. The van der Waals surface area contributed by atoms with Crippen LogP contribution in [0.2, 0.25) is 0 Å². The topological polar surface area (TPSA) is 55.4 Å². The average Bonchev–Trinajstić information content (AvgIpc) is 2.57. The summed E-state index contributed by atoms with van der Waals surface area (Å²) in [6.45, 7) is 4.89. The Bertz CT molecular complexity index is 697. The molecule has 0 saturated heterocycles. The standard InChI is InChI=1S/C18H23NO3S/c1-3-15(16-8-6-5-7-9-16)14-19-23(20,21)18-12-10-17(11-13-18)22-4-2/h5-13,15,19H,3-4,14H2,1-2H3. The molecule has 4 nitrogen and oxygen atoms in total. The molecular formula is C18H23NO3S. The Morgan fingerprint density at radius 2 is 1.65 bits per heavy atom. The highest BCUT2D eigenvalue weighted by Gasteiger charge is 2.17. The molecule has 0 aromatic heterocycles. The zero-order chi connectivity index (χ0) is 16.7. The van der Waals surface area contributed by atoms with E-state index >= 15 is 0 Å². The van der Waals surface area contributed by atoms with E-state index in [9.17, 15) is 8.42 Å². The van der Waals surface area contributed by atoms with E-state index < -0.39 is 10.0 Å². The summed E-state index contributed by atoms with van der Waals surface area (Å²) in [5, 5.41) is 0. The first-order chi connectivity index (χ1) is 11.1. The van der Waals surface area contributed by atoms with Crippen molar-refractivity contribution in [3.63, 3.8) is 0 Å². The summed E-state index contributed by atoms with van der Waals surface area (Å²) in [5.74, 6) is 0.829. The highest BCUT2D eigenvalue weighted by Crippen LogP contribution is 2.20. The molecule has 23 heavy (non-hydrogen) atoms. The zero-order valence-corrected chi connectivity index (χ0v) is 14.3. The average molecular weight is 333 g/mol. The van der Waals surface area contributed by atoms with Crippen LogP contribution in [-0.2, 0) is 10.0 Å². The van der Waals surface area contributed by atoms with E-state index in [0.29, 0.717) is 18.9 Å². The van der Waals surface area contributed by atoms with Crippen LogP contribution in [0, 0.1) is 0 Å². The van der Waals surface area contributed by atoms with Crippen molar-refractivity contribution in [2.45, 2.75) is 31.1 Å². The Hall–Kier alpha value is -1.85. The molecule has 0 saturated carbocycles. The molecule has 0 aliphatic rings. The first-order valence-corrected chi connectivity index (χ1v) is 9.32. The Labute approximate surface area is 138 Å². The maximum atomic E-state index is 12.4. The van der Waals surface area contributed by atoms with Crippen LogP contribution in [0.15, 0.2) is 59.5 Å². The number of sulfonamides is 1. The van der Waals surface area contributed by atoms with Gasteiger partial charge in [0.2, 0.25) is 10.0 Å². The third kappa shape index (κ3) is 4.81. The molecule has 2 aromatic carbocycles. The number of nitrogens with one attached hydrogen (secondary N) is 1. The van der Waals surface area contributed by atoms with Gasteiger partial charge in [0.25, 0.3) is 0 Å². The van der Waals surface area contributed by atoms with Gasteiger partial charge < -0.3 is 4.74 Å². The van der Waals surface area contributed by atoms with Crippen LogP contribution in [0.5, 0.6) is 5.75 Å². The maximum absolute atomic E-state index is 12.4. The summed E-state index contributed by atoms with van der Waals surface area (Å²) < 4.78 is 32.8. The minimum Gasteiger partial charge on any atom is -0.494 e. The lowest BCUT2D eigenvalue weighted by Gasteiger charge is -2.16. The predicted octanol–water partition coefficient (Wildman–Crippen LogP) is 3.56. The highest BCUT2D eigenvalue weighted by molar-refractivity contribution is 7.89. The van der Waals surface area contributed by atoms with Crippen LogP contribution < -0.4 is 9.46 Å². The van der Waals surface area contributed by atoms with Crippen LogP contribution in [0.4, 0.5) is 0 Å². The number of hydrogen-bond acceptors (Lipinski definition) is 3. The second-order valence-electron chi connectivity index (χ2n) is 5.27. The summed E-state index contributed by atoms with van der Waals surface area (Å²) in [7, 11) is -3.51. The molecule has 0 aliphatic heterocycles. The molecule has 1 atom stereocenters. The number of benzene rings is 2. The molecule has 0 heterocycles. The Morgan fingerprint density at radius 1 is 1.00 bits per heavy atom. The molecule has 0 fully saturated rings. The largest absolute Gasteiger partial charge is 0.494 e. The summed E-state index contributed by atoms with van der Waals surface area (Å²) in [5.41, 5.74) is 1.14. The molecule has 2 rings (SSSR count). The third-order valence-corrected chi connectivity index (χ3v) is 5.17. The summed E-state index contributed by atoms with van der Waals surface area (Å²) >= 11 is 0. The van der Waals surface area contributed by atoms with E-state index in [2.05, 4.69) is 11.6 Å². The summed E-state index contributed by atoms with van der Waals surface area (Å²) in [4.78, 5) is 0.254. The zero-order valence-electron chi connectivity index (χ0n) is 13.5. The molecule has 0 amide bonds. The molecule has 2 aromatic rings. The molecule has 0 aliphatic carbocycles.